The number of rotatable bonds is 7. The lowest BCUT2D eigenvalue weighted by Crippen LogP contribution is -2.46. The number of guanidine groups is 1. The highest BCUT2D eigenvalue weighted by molar-refractivity contribution is 5.85. The van der Waals surface area contributed by atoms with Crippen LogP contribution in [0.15, 0.2) is 41.7 Å². The van der Waals surface area contributed by atoms with Crippen LogP contribution in [0.1, 0.15) is 24.0 Å². The van der Waals surface area contributed by atoms with Crippen LogP contribution < -0.4 is 10.6 Å². The van der Waals surface area contributed by atoms with Crippen molar-refractivity contribution < 1.29 is 4.79 Å². The van der Waals surface area contributed by atoms with Gasteiger partial charge in [0.25, 0.3) is 0 Å². The molecule has 0 radical (unpaired) electrons. The highest BCUT2D eigenvalue weighted by Gasteiger charge is 2.19. The first kappa shape index (κ1) is 19.9. The largest absolute Gasteiger partial charge is 0.356 e. The number of carbonyl (C=O) groups excluding carboxylic acids is 1. The van der Waals surface area contributed by atoms with Crippen LogP contribution in [0.5, 0.6) is 0 Å². The highest BCUT2D eigenvalue weighted by atomic mass is 16.2. The zero-order valence-corrected chi connectivity index (χ0v) is 16.6. The molecule has 1 atom stereocenters. The Hall–Kier alpha value is -2.90. The van der Waals surface area contributed by atoms with Gasteiger partial charge < -0.3 is 15.5 Å². The Morgan fingerprint density at radius 1 is 1.32 bits per heavy atom. The third kappa shape index (κ3) is 5.80. The summed E-state index contributed by atoms with van der Waals surface area (Å²) < 4.78 is 1.81. The normalized spacial score (nSPS) is 16.4. The van der Waals surface area contributed by atoms with Gasteiger partial charge in [0.05, 0.1) is 6.20 Å². The van der Waals surface area contributed by atoms with Crippen molar-refractivity contribution in [1.29, 1.82) is 0 Å². The number of nitrogens with zero attached hydrogens (tertiary/aromatic N) is 5. The fourth-order valence-electron chi connectivity index (χ4n) is 3.25. The molecule has 28 heavy (non-hydrogen) atoms. The zero-order chi connectivity index (χ0) is 19.8. The molecule has 1 aliphatic rings. The number of hydrogen-bond donors (Lipinski definition) is 2. The van der Waals surface area contributed by atoms with Crippen molar-refractivity contribution in [1.82, 2.24) is 30.5 Å². The summed E-state index contributed by atoms with van der Waals surface area (Å²) in [5, 5.41) is 14.7. The molecule has 1 amide bonds. The quantitative estimate of drug-likeness (QED) is 0.420. The summed E-state index contributed by atoms with van der Waals surface area (Å²) in [5.41, 5.74) is 2.82. The van der Waals surface area contributed by atoms with E-state index in [-0.39, 0.29) is 12.5 Å². The first-order chi connectivity index (χ1) is 13.6. The lowest BCUT2D eigenvalue weighted by molar-refractivity contribution is -0.127. The molecule has 8 heteroatoms. The number of amides is 1. The van der Waals surface area contributed by atoms with Crippen molar-refractivity contribution in [2.75, 3.05) is 27.2 Å². The second-order valence-electron chi connectivity index (χ2n) is 7.25. The minimum Gasteiger partial charge on any atom is -0.356 e. The van der Waals surface area contributed by atoms with Crippen molar-refractivity contribution in [3.05, 3.63) is 47.8 Å². The van der Waals surface area contributed by atoms with E-state index in [9.17, 15) is 4.79 Å². The average molecular weight is 384 g/mol. The van der Waals surface area contributed by atoms with Gasteiger partial charge in [0.15, 0.2) is 5.96 Å². The van der Waals surface area contributed by atoms with Gasteiger partial charge in [-0.1, -0.05) is 29.5 Å². The summed E-state index contributed by atoms with van der Waals surface area (Å²) in [5.74, 6) is 0.677. The van der Waals surface area contributed by atoms with E-state index in [0.717, 1.165) is 38.8 Å². The molecule has 1 aromatic carbocycles. The van der Waals surface area contributed by atoms with Gasteiger partial charge in [-0.25, -0.2) is 4.99 Å². The maximum Gasteiger partial charge on any atom is 0.243 e. The number of likely N-dealkylation sites (N-methyl/N-ethyl adjacent to an activating group) is 1. The molecule has 0 aliphatic heterocycles. The number of carbonyl (C=O) groups is 1. The third-order valence-electron chi connectivity index (χ3n) is 4.89. The summed E-state index contributed by atoms with van der Waals surface area (Å²) in [6.07, 6.45) is 7.50. The molecule has 1 unspecified atom stereocenters. The SMILES string of the molecule is CN(C)C(=O)CN=C(NCCCn1ccnn1)NC1CCc2ccccc2C1. The van der Waals surface area contributed by atoms with E-state index in [4.69, 9.17) is 0 Å². The Morgan fingerprint density at radius 2 is 2.14 bits per heavy atom. The molecular formula is C20H29N7O. The monoisotopic (exact) mass is 383 g/mol. The van der Waals surface area contributed by atoms with Gasteiger partial charge in [0.2, 0.25) is 5.91 Å². The van der Waals surface area contributed by atoms with Crippen LogP contribution in [0.3, 0.4) is 0 Å². The molecule has 2 N–H and O–H groups in total. The van der Waals surface area contributed by atoms with Gasteiger partial charge >= 0.3 is 0 Å². The van der Waals surface area contributed by atoms with E-state index in [0.29, 0.717) is 12.0 Å². The number of aromatic nitrogens is 3. The standard InChI is InChI=1S/C20H29N7O/c1-26(2)19(28)15-22-20(21-10-5-12-27-13-11-23-25-27)24-18-9-8-16-6-3-4-7-17(16)14-18/h3-4,6-7,11,13,18H,5,8-10,12,14-15H2,1-2H3,(H2,21,22,24). The molecule has 0 fully saturated rings. The summed E-state index contributed by atoms with van der Waals surface area (Å²) in [6, 6.07) is 8.91. The maximum atomic E-state index is 11.9. The Bertz CT molecular complexity index is 786. The van der Waals surface area contributed by atoms with E-state index in [1.165, 1.54) is 11.1 Å². The molecule has 0 saturated heterocycles. The van der Waals surface area contributed by atoms with Crippen LogP contribution in [-0.2, 0) is 24.2 Å². The Labute approximate surface area is 166 Å². The van der Waals surface area contributed by atoms with Crippen molar-refractivity contribution in [3.8, 4) is 0 Å². The smallest absolute Gasteiger partial charge is 0.243 e. The van der Waals surface area contributed by atoms with Crippen LogP contribution in [0, 0.1) is 0 Å². The van der Waals surface area contributed by atoms with Gasteiger partial charge in [-0.3, -0.25) is 9.48 Å². The Balaban J connectivity index is 1.55. The van der Waals surface area contributed by atoms with Crippen molar-refractivity contribution in [3.63, 3.8) is 0 Å². The first-order valence-electron chi connectivity index (χ1n) is 9.77. The third-order valence-corrected chi connectivity index (χ3v) is 4.89. The van der Waals surface area contributed by atoms with Crippen LogP contribution in [0.2, 0.25) is 0 Å². The van der Waals surface area contributed by atoms with Gasteiger partial charge in [0.1, 0.15) is 6.54 Å². The van der Waals surface area contributed by atoms with Crippen molar-refractivity contribution in [2.24, 2.45) is 4.99 Å². The Kier molecular flexibility index (Phi) is 7.00. The van der Waals surface area contributed by atoms with Crippen LogP contribution in [-0.4, -0.2) is 65.0 Å². The zero-order valence-electron chi connectivity index (χ0n) is 16.6. The molecule has 1 aromatic heterocycles. The number of benzene rings is 1. The number of nitrogens with one attached hydrogen (secondary N) is 2. The Morgan fingerprint density at radius 3 is 2.89 bits per heavy atom. The fourth-order valence-corrected chi connectivity index (χ4v) is 3.25. The van der Waals surface area contributed by atoms with E-state index >= 15 is 0 Å². The molecule has 1 heterocycles. The predicted molar refractivity (Wildman–Crippen MR) is 109 cm³/mol. The summed E-state index contributed by atoms with van der Waals surface area (Å²) >= 11 is 0. The molecule has 0 spiro atoms. The van der Waals surface area contributed by atoms with Gasteiger partial charge in [-0.15, -0.1) is 5.10 Å². The van der Waals surface area contributed by atoms with Gasteiger partial charge in [0, 0.05) is 39.4 Å². The first-order valence-corrected chi connectivity index (χ1v) is 9.77. The molecule has 1 aliphatic carbocycles. The molecule has 8 nitrogen and oxygen atoms in total. The van der Waals surface area contributed by atoms with E-state index in [1.807, 2.05) is 6.20 Å². The summed E-state index contributed by atoms with van der Waals surface area (Å²) in [4.78, 5) is 18.0. The van der Waals surface area contributed by atoms with E-state index in [2.05, 4.69) is 50.2 Å². The summed E-state index contributed by atoms with van der Waals surface area (Å²) in [7, 11) is 3.49. The van der Waals surface area contributed by atoms with Crippen LogP contribution >= 0.6 is 0 Å². The number of fused-ring (bicyclic) bond motifs is 1. The maximum absolute atomic E-state index is 11.9. The lowest BCUT2D eigenvalue weighted by Gasteiger charge is -2.27. The van der Waals surface area contributed by atoms with Crippen LogP contribution in [0.4, 0.5) is 0 Å². The van der Waals surface area contributed by atoms with Gasteiger partial charge in [-0.2, -0.15) is 0 Å². The lowest BCUT2D eigenvalue weighted by atomic mass is 9.88. The van der Waals surface area contributed by atoms with Crippen LogP contribution in [0.25, 0.3) is 0 Å². The molecular weight excluding hydrogens is 354 g/mol. The number of aryl methyl sites for hydroxylation is 2. The van der Waals surface area contributed by atoms with E-state index in [1.54, 1.807) is 29.9 Å². The topological polar surface area (TPSA) is 87.4 Å². The molecule has 150 valence electrons. The van der Waals surface area contributed by atoms with Gasteiger partial charge in [-0.05, 0) is 36.8 Å². The summed E-state index contributed by atoms with van der Waals surface area (Å²) in [6.45, 7) is 1.66. The highest BCUT2D eigenvalue weighted by Crippen LogP contribution is 2.20. The minimum atomic E-state index is -0.0160. The fraction of sp³-hybridized carbons (Fsp3) is 0.500. The molecule has 0 bridgehead atoms. The predicted octanol–water partition coefficient (Wildman–Crippen LogP) is 0.849. The molecule has 3 rings (SSSR count). The average Bonchev–Trinajstić information content (AvgIpc) is 3.22. The van der Waals surface area contributed by atoms with Crippen molar-refractivity contribution in [2.45, 2.75) is 38.3 Å². The number of aliphatic imine (C=N–C) groups is 1. The second kappa shape index (κ2) is 9.87. The minimum absolute atomic E-state index is 0.0160. The second-order valence-corrected chi connectivity index (χ2v) is 7.25. The number of hydrogen-bond acceptors (Lipinski definition) is 4. The molecule has 2 aromatic rings. The molecule has 0 saturated carbocycles. The van der Waals surface area contributed by atoms with E-state index < -0.39 is 0 Å². The van der Waals surface area contributed by atoms with Crippen molar-refractivity contribution >= 4 is 11.9 Å².